The standard InChI is InChI=1S/C35H43N5O5S/c1-37(2)46(43,44)36-33(41)22-10-12-27-30(14-22)39-20-35(34(42)40-23-15-24(40)19-38(3)18-23)17-29(35)28-16-25(45-4)11-13-26(28)32(39)31(27)21-8-6-5-7-9-21/h10-14,16,21,23-24,29H,5-9,15,17-20H2,1-4H3,(H,36,41)/t23-,24+,29-,35-/m0/s1. The Bertz CT molecular complexity index is 1870. The van der Waals surface area contributed by atoms with E-state index in [0.29, 0.717) is 12.5 Å². The molecule has 0 radical (unpaired) electrons. The number of benzene rings is 2. The number of piperidine rings is 1. The van der Waals surface area contributed by atoms with Crippen LogP contribution in [0.25, 0.3) is 22.2 Å². The summed E-state index contributed by atoms with van der Waals surface area (Å²) in [5.74, 6) is 0.814. The number of carbonyl (C=O) groups excluding carboxylic acids is 2. The first-order chi connectivity index (χ1) is 22.0. The van der Waals surface area contributed by atoms with Gasteiger partial charge in [0.1, 0.15) is 5.75 Å². The van der Waals surface area contributed by atoms with Crippen molar-refractivity contribution in [3.63, 3.8) is 0 Å². The lowest BCUT2D eigenvalue weighted by Crippen LogP contribution is -2.70. The molecule has 4 fully saturated rings. The van der Waals surface area contributed by atoms with Crippen LogP contribution in [0.4, 0.5) is 0 Å². The number of rotatable bonds is 6. The summed E-state index contributed by atoms with van der Waals surface area (Å²) in [6.45, 7) is 2.34. The number of aromatic nitrogens is 1. The maximum Gasteiger partial charge on any atom is 0.303 e. The van der Waals surface area contributed by atoms with Crippen molar-refractivity contribution in [2.75, 3.05) is 41.3 Å². The number of fused-ring (bicyclic) bond motifs is 9. The molecule has 10 nitrogen and oxygen atoms in total. The second-order valence-corrected chi connectivity index (χ2v) is 16.4. The number of nitrogens with zero attached hydrogens (tertiary/aromatic N) is 4. The van der Waals surface area contributed by atoms with Crippen molar-refractivity contribution in [3.05, 3.63) is 53.1 Å². The zero-order valence-electron chi connectivity index (χ0n) is 27.1. The van der Waals surface area contributed by atoms with E-state index >= 15 is 0 Å². The molecule has 11 heteroatoms. The molecule has 5 aliphatic rings. The third-order valence-electron chi connectivity index (χ3n) is 11.5. The normalized spacial score (nSPS) is 27.3. The van der Waals surface area contributed by atoms with E-state index in [1.807, 2.05) is 18.2 Å². The van der Waals surface area contributed by atoms with Gasteiger partial charge in [-0.05, 0) is 80.1 Å². The van der Waals surface area contributed by atoms with Crippen LogP contribution in [0.15, 0.2) is 36.4 Å². The summed E-state index contributed by atoms with van der Waals surface area (Å²) in [6, 6.07) is 12.4. The van der Waals surface area contributed by atoms with Crippen molar-refractivity contribution in [1.82, 2.24) is 23.4 Å². The molecule has 2 amide bonds. The Balaban J connectivity index is 1.32. The molecular weight excluding hydrogens is 602 g/mol. The van der Waals surface area contributed by atoms with Crippen molar-refractivity contribution in [2.45, 2.75) is 75.4 Å². The van der Waals surface area contributed by atoms with Gasteiger partial charge >= 0.3 is 10.2 Å². The molecule has 3 aliphatic heterocycles. The predicted octanol–water partition coefficient (Wildman–Crippen LogP) is 4.30. The lowest BCUT2D eigenvalue weighted by molar-refractivity contribution is -0.159. The molecule has 1 aromatic heterocycles. The molecule has 2 saturated heterocycles. The van der Waals surface area contributed by atoms with Gasteiger partial charge in [-0.2, -0.15) is 12.7 Å². The summed E-state index contributed by atoms with van der Waals surface area (Å²) in [6.07, 6.45) is 7.61. The summed E-state index contributed by atoms with van der Waals surface area (Å²) < 4.78 is 36.3. The molecule has 2 bridgehead atoms. The first-order valence-corrected chi connectivity index (χ1v) is 18.1. The number of nitrogens with one attached hydrogen (secondary N) is 1. The zero-order valence-corrected chi connectivity index (χ0v) is 27.9. The highest BCUT2D eigenvalue weighted by Gasteiger charge is 2.66. The maximum atomic E-state index is 14.8. The fraction of sp³-hybridized carbons (Fsp3) is 0.543. The van der Waals surface area contributed by atoms with Crippen LogP contribution in [-0.4, -0.2) is 92.3 Å². The van der Waals surface area contributed by atoms with Crippen LogP contribution < -0.4 is 9.46 Å². The second kappa shape index (κ2) is 10.6. The largest absolute Gasteiger partial charge is 0.497 e. The van der Waals surface area contributed by atoms with E-state index in [4.69, 9.17) is 4.74 Å². The number of ether oxygens (including phenoxy) is 1. The Labute approximate surface area is 270 Å². The zero-order chi connectivity index (χ0) is 32.1. The third kappa shape index (κ3) is 4.45. The Kier molecular flexibility index (Phi) is 6.87. The summed E-state index contributed by atoms with van der Waals surface area (Å²) in [5.41, 5.74) is 5.32. The predicted molar refractivity (Wildman–Crippen MR) is 176 cm³/mol. The Morgan fingerprint density at radius 1 is 1.02 bits per heavy atom. The number of carbonyl (C=O) groups is 2. The minimum Gasteiger partial charge on any atom is -0.497 e. The van der Waals surface area contributed by atoms with Gasteiger partial charge in [0, 0.05) is 73.8 Å². The summed E-state index contributed by atoms with van der Waals surface area (Å²) in [5, 5.41) is 1.08. The van der Waals surface area contributed by atoms with E-state index in [1.165, 1.54) is 44.5 Å². The molecule has 4 atom stereocenters. The number of hydrogen-bond acceptors (Lipinski definition) is 6. The van der Waals surface area contributed by atoms with Gasteiger partial charge in [0.25, 0.3) is 5.91 Å². The molecule has 244 valence electrons. The van der Waals surface area contributed by atoms with Gasteiger partial charge in [-0.25, -0.2) is 4.72 Å². The van der Waals surface area contributed by atoms with Crippen LogP contribution in [0.5, 0.6) is 5.75 Å². The van der Waals surface area contributed by atoms with Gasteiger partial charge in [-0.15, -0.1) is 0 Å². The molecular formula is C35H43N5O5S. The van der Waals surface area contributed by atoms with Gasteiger partial charge in [0.2, 0.25) is 5.91 Å². The highest BCUT2D eigenvalue weighted by atomic mass is 32.2. The maximum absolute atomic E-state index is 14.8. The summed E-state index contributed by atoms with van der Waals surface area (Å²) >= 11 is 0. The fourth-order valence-corrected chi connectivity index (χ4v) is 9.63. The van der Waals surface area contributed by atoms with E-state index in [2.05, 4.69) is 38.3 Å². The first kappa shape index (κ1) is 30.0. The Morgan fingerprint density at radius 3 is 2.46 bits per heavy atom. The highest BCUT2D eigenvalue weighted by Crippen LogP contribution is 2.67. The quantitative estimate of drug-likeness (QED) is 0.429. The SMILES string of the molecule is COc1ccc2c(c1)[C@@H]1C[C@]1(C(=O)N1[C@@H]3C[C@H]1CN(C)C3)Cn1c-2c(C2CCCCC2)c2ccc(C(=O)NS(=O)(=O)N(C)C)cc21. The monoisotopic (exact) mass is 645 g/mol. The molecule has 4 heterocycles. The van der Waals surface area contributed by atoms with Crippen LogP contribution in [0.1, 0.15) is 78.3 Å². The molecule has 2 aromatic carbocycles. The van der Waals surface area contributed by atoms with Gasteiger partial charge in [0.15, 0.2) is 0 Å². The molecule has 0 spiro atoms. The van der Waals surface area contributed by atoms with E-state index in [1.54, 1.807) is 13.2 Å². The average Bonchev–Trinajstić information content (AvgIpc) is 3.71. The van der Waals surface area contributed by atoms with Crippen molar-refractivity contribution >= 4 is 32.9 Å². The van der Waals surface area contributed by atoms with E-state index < -0.39 is 21.5 Å². The van der Waals surface area contributed by atoms with Gasteiger partial charge in [0.05, 0.1) is 18.2 Å². The van der Waals surface area contributed by atoms with Crippen molar-refractivity contribution in [1.29, 1.82) is 0 Å². The first-order valence-electron chi connectivity index (χ1n) is 16.6. The molecule has 1 N–H and O–H groups in total. The third-order valence-corrected chi connectivity index (χ3v) is 12.9. The number of amides is 2. The van der Waals surface area contributed by atoms with Crippen LogP contribution in [0.2, 0.25) is 0 Å². The lowest BCUT2D eigenvalue weighted by atomic mass is 9.81. The molecule has 3 aromatic rings. The van der Waals surface area contributed by atoms with Crippen molar-refractivity contribution in [3.8, 4) is 17.0 Å². The van der Waals surface area contributed by atoms with Crippen molar-refractivity contribution < 1.29 is 22.7 Å². The van der Waals surface area contributed by atoms with Gasteiger partial charge in [-0.1, -0.05) is 25.3 Å². The topological polar surface area (TPSA) is 104 Å². The summed E-state index contributed by atoms with van der Waals surface area (Å²) in [7, 11) is 2.65. The smallest absolute Gasteiger partial charge is 0.303 e. The van der Waals surface area contributed by atoms with E-state index in [0.717, 1.165) is 71.0 Å². The van der Waals surface area contributed by atoms with E-state index in [9.17, 15) is 18.0 Å². The van der Waals surface area contributed by atoms with Crippen LogP contribution in [-0.2, 0) is 21.5 Å². The number of likely N-dealkylation sites (tertiary alicyclic amines) is 2. The molecule has 8 rings (SSSR count). The Morgan fingerprint density at radius 2 is 1.76 bits per heavy atom. The minimum atomic E-state index is -3.96. The minimum absolute atomic E-state index is 0.0787. The number of likely N-dealkylation sites (N-methyl/N-ethyl adjacent to an activating group) is 1. The van der Waals surface area contributed by atoms with Gasteiger partial charge in [-0.3, -0.25) is 9.59 Å². The van der Waals surface area contributed by atoms with Gasteiger partial charge < -0.3 is 19.1 Å². The molecule has 2 aliphatic carbocycles. The molecule has 2 saturated carbocycles. The van der Waals surface area contributed by atoms with Crippen molar-refractivity contribution in [2.24, 2.45) is 5.41 Å². The molecule has 46 heavy (non-hydrogen) atoms. The van der Waals surface area contributed by atoms with Crippen LogP contribution >= 0.6 is 0 Å². The second-order valence-electron chi connectivity index (χ2n) is 14.5. The summed E-state index contributed by atoms with van der Waals surface area (Å²) in [4.78, 5) is 32.6. The fourth-order valence-electron chi connectivity index (χ4n) is 9.10. The molecule has 0 unspecified atom stereocenters. The van der Waals surface area contributed by atoms with Crippen LogP contribution in [0.3, 0.4) is 0 Å². The number of methoxy groups -OCH3 is 1. The van der Waals surface area contributed by atoms with E-state index in [-0.39, 0.29) is 29.5 Å². The van der Waals surface area contributed by atoms with Crippen LogP contribution in [0, 0.1) is 5.41 Å². The Hall–Kier alpha value is -3.41. The highest BCUT2D eigenvalue weighted by molar-refractivity contribution is 7.87. The number of piperazine rings is 1. The number of hydrogen-bond donors (Lipinski definition) is 1. The lowest BCUT2D eigenvalue weighted by Gasteiger charge is -2.56. The average molecular weight is 646 g/mol.